The maximum Gasteiger partial charge on any atom is 0.229 e. The van der Waals surface area contributed by atoms with Crippen LogP contribution in [0.25, 0.3) is 0 Å². The lowest BCUT2D eigenvalue weighted by molar-refractivity contribution is -0.117. The van der Waals surface area contributed by atoms with E-state index in [1.807, 2.05) is 19.1 Å². The summed E-state index contributed by atoms with van der Waals surface area (Å²) in [6, 6.07) is 11.9. The van der Waals surface area contributed by atoms with Gasteiger partial charge < -0.3 is 10.1 Å². The van der Waals surface area contributed by atoms with E-state index in [1.165, 1.54) is 12.1 Å². The molecular weight excluding hydrogens is 397 g/mol. The zero-order valence-electron chi connectivity index (χ0n) is 17.1. The smallest absolute Gasteiger partial charge is 0.229 e. The standard InChI is InChI=1S/C23H20FN5O2/c1-14-20(12-26-15(2)28-14)31-13-23(17-5-3-16(10-25)4-6-17)9-19(23)22(30)29-21-8-7-18(24)11-27-21/h3-8,11-12,19H,9,13H2,1-2H3,(H,27,29,30)/t19-,23+/m0/s1. The third-order valence-electron chi connectivity index (χ3n) is 5.50. The number of amides is 1. The monoisotopic (exact) mass is 417 g/mol. The first-order valence-electron chi connectivity index (χ1n) is 9.77. The van der Waals surface area contributed by atoms with Crippen molar-refractivity contribution in [2.24, 2.45) is 5.92 Å². The first-order chi connectivity index (χ1) is 14.9. The predicted molar refractivity (Wildman–Crippen MR) is 111 cm³/mol. The van der Waals surface area contributed by atoms with Crippen molar-refractivity contribution in [3.8, 4) is 11.8 Å². The number of carbonyl (C=O) groups is 1. The molecule has 0 bridgehead atoms. The van der Waals surface area contributed by atoms with Crippen molar-refractivity contribution in [3.63, 3.8) is 0 Å². The Labute approximate surface area is 179 Å². The fourth-order valence-electron chi connectivity index (χ4n) is 3.67. The van der Waals surface area contributed by atoms with Crippen molar-refractivity contribution in [3.05, 3.63) is 77.3 Å². The van der Waals surface area contributed by atoms with Gasteiger partial charge in [0.05, 0.1) is 42.2 Å². The van der Waals surface area contributed by atoms with E-state index in [4.69, 9.17) is 10.00 Å². The number of hydrogen-bond acceptors (Lipinski definition) is 6. The fourth-order valence-corrected chi connectivity index (χ4v) is 3.67. The number of benzene rings is 1. The van der Waals surface area contributed by atoms with Crippen LogP contribution in [0.2, 0.25) is 0 Å². The summed E-state index contributed by atoms with van der Waals surface area (Å²) in [7, 11) is 0. The molecule has 156 valence electrons. The molecule has 7 nitrogen and oxygen atoms in total. The summed E-state index contributed by atoms with van der Waals surface area (Å²) in [5.74, 6) is 0.450. The van der Waals surface area contributed by atoms with Gasteiger partial charge in [-0.05, 0) is 50.1 Å². The van der Waals surface area contributed by atoms with Crippen LogP contribution in [-0.4, -0.2) is 27.5 Å². The highest BCUT2D eigenvalue weighted by Crippen LogP contribution is 2.55. The van der Waals surface area contributed by atoms with Gasteiger partial charge in [-0.3, -0.25) is 4.79 Å². The average Bonchev–Trinajstić information content (AvgIpc) is 3.51. The number of pyridine rings is 1. The molecule has 2 atom stereocenters. The Morgan fingerprint density at radius 1 is 1.23 bits per heavy atom. The van der Waals surface area contributed by atoms with Crippen molar-refractivity contribution < 1.29 is 13.9 Å². The van der Waals surface area contributed by atoms with Gasteiger partial charge in [-0.25, -0.2) is 19.3 Å². The molecule has 3 aromatic rings. The molecule has 0 aliphatic heterocycles. The maximum absolute atomic E-state index is 13.1. The Kier molecular flexibility index (Phi) is 5.34. The maximum atomic E-state index is 13.1. The Hall–Kier alpha value is -3.86. The van der Waals surface area contributed by atoms with Crippen LogP contribution in [0.3, 0.4) is 0 Å². The van der Waals surface area contributed by atoms with E-state index >= 15 is 0 Å². The van der Waals surface area contributed by atoms with Crippen LogP contribution >= 0.6 is 0 Å². The normalized spacial score (nSPS) is 19.4. The van der Waals surface area contributed by atoms with E-state index in [-0.39, 0.29) is 24.2 Å². The molecule has 0 radical (unpaired) electrons. The van der Waals surface area contributed by atoms with Gasteiger partial charge in [-0.1, -0.05) is 12.1 Å². The average molecular weight is 417 g/mol. The van der Waals surface area contributed by atoms with Gasteiger partial charge in [0, 0.05) is 5.41 Å². The molecule has 4 rings (SSSR count). The molecule has 1 aliphatic rings. The van der Waals surface area contributed by atoms with E-state index in [1.54, 1.807) is 25.3 Å². The van der Waals surface area contributed by atoms with Crippen molar-refractivity contribution in [2.75, 3.05) is 11.9 Å². The summed E-state index contributed by atoms with van der Waals surface area (Å²) in [5, 5.41) is 11.8. The molecule has 2 aromatic heterocycles. The van der Waals surface area contributed by atoms with Gasteiger partial charge in [0.15, 0.2) is 5.75 Å². The molecule has 1 aromatic carbocycles. The summed E-state index contributed by atoms with van der Waals surface area (Å²) in [5.41, 5.74) is 1.61. The van der Waals surface area contributed by atoms with Gasteiger partial charge in [0.1, 0.15) is 17.5 Å². The van der Waals surface area contributed by atoms with Gasteiger partial charge in [-0.2, -0.15) is 5.26 Å². The minimum absolute atomic E-state index is 0.219. The van der Waals surface area contributed by atoms with E-state index in [9.17, 15) is 9.18 Å². The van der Waals surface area contributed by atoms with E-state index in [2.05, 4.69) is 26.3 Å². The first-order valence-corrected chi connectivity index (χ1v) is 9.77. The zero-order valence-corrected chi connectivity index (χ0v) is 17.1. The second-order valence-electron chi connectivity index (χ2n) is 7.61. The highest BCUT2D eigenvalue weighted by atomic mass is 19.1. The van der Waals surface area contributed by atoms with Crippen LogP contribution in [0.4, 0.5) is 10.2 Å². The third-order valence-corrected chi connectivity index (χ3v) is 5.50. The second kappa shape index (κ2) is 8.11. The number of nitrogens with zero attached hydrogens (tertiary/aromatic N) is 4. The number of nitrogens with one attached hydrogen (secondary N) is 1. The van der Waals surface area contributed by atoms with Crippen molar-refractivity contribution in [1.29, 1.82) is 5.26 Å². The number of carbonyl (C=O) groups excluding carboxylic acids is 1. The zero-order chi connectivity index (χ0) is 22.0. The van der Waals surface area contributed by atoms with Gasteiger partial charge in [0.2, 0.25) is 5.91 Å². The lowest BCUT2D eigenvalue weighted by Crippen LogP contribution is -2.27. The Morgan fingerprint density at radius 2 is 2.00 bits per heavy atom. The molecular formula is C23H20FN5O2. The Morgan fingerprint density at radius 3 is 2.65 bits per heavy atom. The van der Waals surface area contributed by atoms with E-state index < -0.39 is 11.2 Å². The van der Waals surface area contributed by atoms with Crippen molar-refractivity contribution >= 4 is 11.7 Å². The molecule has 8 heteroatoms. The van der Waals surface area contributed by atoms with Crippen LogP contribution in [0.15, 0.2) is 48.8 Å². The summed E-state index contributed by atoms with van der Waals surface area (Å²) in [6.45, 7) is 3.90. The fraction of sp³-hybridized carbons (Fsp3) is 0.261. The molecule has 0 saturated heterocycles. The van der Waals surface area contributed by atoms with Gasteiger partial charge in [0.25, 0.3) is 0 Å². The predicted octanol–water partition coefficient (Wildman–Crippen LogP) is 3.47. The van der Waals surface area contributed by atoms with Crippen LogP contribution in [0.5, 0.6) is 5.75 Å². The molecule has 0 unspecified atom stereocenters. The lowest BCUT2D eigenvalue weighted by atomic mass is 9.93. The minimum atomic E-state index is -0.560. The number of aryl methyl sites for hydroxylation is 2. The summed E-state index contributed by atoms with van der Waals surface area (Å²) in [6.07, 6.45) is 3.25. The number of anilines is 1. The topological polar surface area (TPSA) is 101 Å². The molecule has 0 spiro atoms. The van der Waals surface area contributed by atoms with E-state index in [0.29, 0.717) is 23.6 Å². The molecule has 1 aliphatic carbocycles. The molecule has 2 heterocycles. The van der Waals surface area contributed by atoms with Crippen molar-refractivity contribution in [2.45, 2.75) is 25.7 Å². The van der Waals surface area contributed by atoms with E-state index in [0.717, 1.165) is 17.5 Å². The molecule has 1 saturated carbocycles. The largest absolute Gasteiger partial charge is 0.489 e. The Balaban J connectivity index is 1.57. The van der Waals surface area contributed by atoms with Crippen LogP contribution in [0.1, 0.15) is 29.1 Å². The number of ether oxygens (including phenoxy) is 1. The van der Waals surface area contributed by atoms with Crippen LogP contribution in [-0.2, 0) is 10.2 Å². The molecule has 1 amide bonds. The summed E-state index contributed by atoms with van der Waals surface area (Å²) < 4.78 is 19.1. The molecule has 31 heavy (non-hydrogen) atoms. The lowest BCUT2D eigenvalue weighted by Gasteiger charge is -2.19. The Bertz CT molecular complexity index is 1160. The number of hydrogen-bond donors (Lipinski definition) is 1. The second-order valence-corrected chi connectivity index (χ2v) is 7.61. The number of aromatic nitrogens is 3. The SMILES string of the molecule is Cc1ncc(OC[C@@]2(c3ccc(C#N)cc3)C[C@H]2C(=O)Nc2ccc(F)cn2)c(C)n1. The first kappa shape index (κ1) is 20.4. The number of halogens is 1. The van der Waals surface area contributed by atoms with Gasteiger partial charge >= 0.3 is 0 Å². The molecule has 1 N–H and O–H groups in total. The highest BCUT2D eigenvalue weighted by Gasteiger charge is 2.60. The van der Waals surface area contributed by atoms with Crippen molar-refractivity contribution in [1.82, 2.24) is 15.0 Å². The number of rotatable bonds is 6. The number of nitriles is 1. The van der Waals surface area contributed by atoms with Crippen LogP contribution in [0, 0.1) is 36.9 Å². The van der Waals surface area contributed by atoms with Crippen LogP contribution < -0.4 is 10.1 Å². The third kappa shape index (κ3) is 4.21. The minimum Gasteiger partial charge on any atom is -0.489 e. The summed E-state index contributed by atoms with van der Waals surface area (Å²) >= 11 is 0. The van der Waals surface area contributed by atoms with Gasteiger partial charge in [-0.15, -0.1) is 0 Å². The summed E-state index contributed by atoms with van der Waals surface area (Å²) in [4.78, 5) is 25.3. The molecule has 1 fully saturated rings. The quantitative estimate of drug-likeness (QED) is 0.659. The highest BCUT2D eigenvalue weighted by molar-refractivity contribution is 5.95.